The molecule has 1 spiro atoms. The molecule has 3 aliphatic rings. The van der Waals surface area contributed by atoms with E-state index in [1.54, 1.807) is 23.5 Å². The number of para-hydroxylation sites is 1. The van der Waals surface area contributed by atoms with Gasteiger partial charge in [0.1, 0.15) is 5.00 Å². The molecule has 0 unspecified atom stereocenters. The molecule has 6 aromatic rings. The maximum absolute atomic E-state index is 13.8. The van der Waals surface area contributed by atoms with Crippen LogP contribution in [-0.4, -0.2) is 11.6 Å². The van der Waals surface area contributed by atoms with Gasteiger partial charge in [0.2, 0.25) is 0 Å². The van der Waals surface area contributed by atoms with Crippen LogP contribution >= 0.6 is 11.3 Å². The summed E-state index contributed by atoms with van der Waals surface area (Å²) in [5, 5.41) is 1.10. The summed E-state index contributed by atoms with van der Waals surface area (Å²) in [6.45, 7) is 20.9. The fourth-order valence-corrected chi connectivity index (χ4v) is 10.4. The molecule has 9 rings (SSSR count). The number of Topliss-reactive ketones (excluding diaryl/α,β-unsaturated/α-hetero) is 2. The monoisotopic (exact) mass is 737 g/mol. The Bertz CT molecular complexity index is 2530. The topological polar surface area (TPSA) is 37.4 Å². The van der Waals surface area contributed by atoms with Gasteiger partial charge in [-0.25, -0.2) is 0 Å². The first-order valence-electron chi connectivity index (χ1n) is 19.4. The summed E-state index contributed by atoms with van der Waals surface area (Å²) in [5.41, 5.74) is 13.7. The van der Waals surface area contributed by atoms with E-state index in [0.29, 0.717) is 11.1 Å². The van der Waals surface area contributed by atoms with E-state index < -0.39 is 5.41 Å². The molecule has 0 saturated carbocycles. The Kier molecular flexibility index (Phi) is 7.62. The van der Waals surface area contributed by atoms with Gasteiger partial charge < -0.3 is 4.90 Å². The van der Waals surface area contributed by atoms with Crippen LogP contribution in [0, 0.1) is 0 Å². The van der Waals surface area contributed by atoms with E-state index in [9.17, 15) is 9.59 Å². The molecule has 5 aromatic carbocycles. The molecule has 0 N–H and O–H groups in total. The minimum Gasteiger partial charge on any atom is -0.301 e. The van der Waals surface area contributed by atoms with E-state index in [1.165, 1.54) is 50.2 Å². The summed E-state index contributed by atoms with van der Waals surface area (Å²) in [6.07, 6.45) is 1.86. The highest BCUT2D eigenvalue weighted by Crippen LogP contribution is 2.66. The SMILES string of the molecule is CC(C)(C)c1cc(C(C)(C)C)c(N2c3ccccc3C3(c4ccccc4-c4ccccc43)c3cc(C=C4C(=O)c5ccccc5C4=O)sc32)c(C(C)(C)C)c1. The lowest BCUT2D eigenvalue weighted by molar-refractivity contribution is 0.0990. The Morgan fingerprint density at radius 1 is 0.527 bits per heavy atom. The van der Waals surface area contributed by atoms with Gasteiger partial charge in [0.25, 0.3) is 0 Å². The van der Waals surface area contributed by atoms with Crippen LogP contribution in [0.25, 0.3) is 17.2 Å². The van der Waals surface area contributed by atoms with Crippen LogP contribution in [0.3, 0.4) is 0 Å². The second-order valence-corrected chi connectivity index (χ2v) is 19.6. The van der Waals surface area contributed by atoms with Crippen molar-refractivity contribution in [1.29, 1.82) is 0 Å². The van der Waals surface area contributed by atoms with Gasteiger partial charge in [0.15, 0.2) is 11.6 Å². The lowest BCUT2D eigenvalue weighted by Gasteiger charge is -2.46. The van der Waals surface area contributed by atoms with Crippen LogP contribution in [0.2, 0.25) is 0 Å². The van der Waals surface area contributed by atoms with Gasteiger partial charge >= 0.3 is 0 Å². The summed E-state index contributed by atoms with van der Waals surface area (Å²) in [6, 6.07) is 41.0. The summed E-state index contributed by atoms with van der Waals surface area (Å²) in [4.78, 5) is 31.1. The Balaban J connectivity index is 1.42. The number of rotatable bonds is 2. The van der Waals surface area contributed by atoms with Crippen molar-refractivity contribution in [3.63, 3.8) is 0 Å². The van der Waals surface area contributed by atoms with Crippen LogP contribution in [0.15, 0.2) is 121 Å². The van der Waals surface area contributed by atoms with Gasteiger partial charge in [-0.15, -0.1) is 11.3 Å². The van der Waals surface area contributed by atoms with Crippen molar-refractivity contribution in [1.82, 2.24) is 0 Å². The number of ketones is 2. The van der Waals surface area contributed by atoms with E-state index in [-0.39, 0.29) is 33.4 Å². The number of benzene rings is 5. The quantitative estimate of drug-likeness (QED) is 0.131. The van der Waals surface area contributed by atoms with E-state index in [1.807, 2.05) is 18.2 Å². The van der Waals surface area contributed by atoms with Crippen LogP contribution < -0.4 is 4.90 Å². The third kappa shape index (κ3) is 5.07. The number of thiophene rings is 1. The number of fused-ring (bicyclic) bond motifs is 10. The van der Waals surface area contributed by atoms with Crippen LogP contribution in [0.5, 0.6) is 0 Å². The molecule has 0 saturated heterocycles. The number of carbonyl (C=O) groups excluding carboxylic acids is 2. The number of hydrogen-bond acceptors (Lipinski definition) is 4. The van der Waals surface area contributed by atoms with Gasteiger partial charge in [-0.05, 0) is 79.0 Å². The maximum atomic E-state index is 13.8. The van der Waals surface area contributed by atoms with E-state index in [0.717, 1.165) is 21.1 Å². The second-order valence-electron chi connectivity index (χ2n) is 18.5. The fraction of sp³-hybridized carbons (Fsp3) is 0.255. The molecule has 2 aliphatic carbocycles. The first kappa shape index (κ1) is 35.4. The first-order valence-corrected chi connectivity index (χ1v) is 20.2. The van der Waals surface area contributed by atoms with Gasteiger partial charge in [0.05, 0.1) is 22.4 Å². The lowest BCUT2D eigenvalue weighted by atomic mass is 9.65. The maximum Gasteiger partial charge on any atom is 0.197 e. The third-order valence-electron chi connectivity index (χ3n) is 11.8. The molecule has 0 amide bonds. The smallest absolute Gasteiger partial charge is 0.197 e. The molecular formula is C51H47NO2S. The Labute approximate surface area is 329 Å². The van der Waals surface area contributed by atoms with Crippen molar-refractivity contribution in [2.45, 2.75) is 84.0 Å². The zero-order valence-electron chi connectivity index (χ0n) is 33.2. The molecule has 0 atom stereocenters. The largest absolute Gasteiger partial charge is 0.301 e. The highest BCUT2D eigenvalue weighted by atomic mass is 32.1. The molecule has 0 bridgehead atoms. The summed E-state index contributed by atoms with van der Waals surface area (Å²) in [5.74, 6) is -0.414. The predicted octanol–water partition coefficient (Wildman–Crippen LogP) is 13.2. The molecule has 0 fully saturated rings. The molecule has 0 radical (unpaired) electrons. The highest BCUT2D eigenvalue weighted by molar-refractivity contribution is 7.17. The average Bonchev–Trinajstić information content (AvgIpc) is 3.77. The number of anilines is 3. The van der Waals surface area contributed by atoms with Crippen LogP contribution in [-0.2, 0) is 21.7 Å². The van der Waals surface area contributed by atoms with Gasteiger partial charge in [-0.2, -0.15) is 0 Å². The highest BCUT2D eigenvalue weighted by Gasteiger charge is 2.53. The van der Waals surface area contributed by atoms with Crippen molar-refractivity contribution in [2.75, 3.05) is 4.90 Å². The average molecular weight is 738 g/mol. The minimum atomic E-state index is -0.620. The number of nitrogens with zero attached hydrogens (tertiary/aromatic N) is 1. The first-order chi connectivity index (χ1) is 26.0. The normalized spacial score (nSPS) is 15.5. The molecule has 274 valence electrons. The zero-order valence-corrected chi connectivity index (χ0v) is 34.0. The van der Waals surface area contributed by atoms with E-state index >= 15 is 0 Å². The molecule has 2 heterocycles. The standard InChI is InChI=1S/C51H47NO2S/c1-48(2,3)30-26-40(49(4,5)6)44(41(27-30)50(7,8)9)52-43-25-17-16-24-39(43)51(37-22-14-12-18-32(37)33-19-13-15-23-38(33)51)42-29-31(55-47(42)52)28-36-45(53)34-20-10-11-21-35(34)46(36)54/h10-29H,1-9H3. The molecule has 55 heavy (non-hydrogen) atoms. The molecule has 1 aliphatic heterocycles. The van der Waals surface area contributed by atoms with Crippen molar-refractivity contribution < 1.29 is 9.59 Å². The predicted molar refractivity (Wildman–Crippen MR) is 229 cm³/mol. The number of carbonyl (C=O) groups is 2. The third-order valence-corrected chi connectivity index (χ3v) is 12.9. The van der Waals surface area contributed by atoms with Gasteiger partial charge in [-0.3, -0.25) is 9.59 Å². The fourth-order valence-electron chi connectivity index (χ4n) is 9.18. The second kappa shape index (κ2) is 11.8. The van der Waals surface area contributed by atoms with Crippen molar-refractivity contribution >= 4 is 45.4 Å². The van der Waals surface area contributed by atoms with Crippen LogP contribution in [0.1, 0.15) is 127 Å². The van der Waals surface area contributed by atoms with Crippen molar-refractivity contribution in [2.24, 2.45) is 0 Å². The van der Waals surface area contributed by atoms with Gasteiger partial charge in [-0.1, -0.05) is 165 Å². The summed E-state index contributed by atoms with van der Waals surface area (Å²) < 4.78 is 0. The van der Waals surface area contributed by atoms with E-state index in [2.05, 4.69) is 158 Å². The van der Waals surface area contributed by atoms with Crippen LogP contribution in [0.4, 0.5) is 16.4 Å². The summed E-state index contributed by atoms with van der Waals surface area (Å²) in [7, 11) is 0. The van der Waals surface area contributed by atoms with Crippen molar-refractivity contribution in [3.05, 3.63) is 176 Å². The Morgan fingerprint density at radius 2 is 0.982 bits per heavy atom. The van der Waals surface area contributed by atoms with E-state index in [4.69, 9.17) is 0 Å². The molecule has 4 heteroatoms. The molecule has 3 nitrogen and oxygen atoms in total. The minimum absolute atomic E-state index is 0.0506. The molecule has 1 aromatic heterocycles. The number of hydrogen-bond donors (Lipinski definition) is 0. The molecular weight excluding hydrogens is 691 g/mol. The zero-order chi connectivity index (χ0) is 38.8. The van der Waals surface area contributed by atoms with Gasteiger partial charge in [0, 0.05) is 21.6 Å². The Morgan fingerprint density at radius 3 is 1.47 bits per heavy atom. The lowest BCUT2D eigenvalue weighted by Crippen LogP contribution is -2.36. The van der Waals surface area contributed by atoms with Crippen molar-refractivity contribution in [3.8, 4) is 11.1 Å². The number of allylic oxidation sites excluding steroid dienone is 1. The summed E-state index contributed by atoms with van der Waals surface area (Å²) >= 11 is 1.68. The Hall–Kier alpha value is -5.32.